The molecule has 1 aromatic heterocycles. The Bertz CT molecular complexity index is 514. The van der Waals surface area contributed by atoms with Gasteiger partial charge in [0.15, 0.2) is 17.4 Å². The van der Waals surface area contributed by atoms with E-state index in [1.54, 1.807) is 6.08 Å². The molecule has 0 fully saturated rings. The number of hydrogen-bond acceptors (Lipinski definition) is 4. The van der Waals surface area contributed by atoms with Gasteiger partial charge in [-0.3, -0.25) is 0 Å². The number of anilines is 1. The normalized spacial score (nSPS) is 10.1. The number of nitrogens with zero attached hydrogens (tertiary/aromatic N) is 2. The van der Waals surface area contributed by atoms with Crippen LogP contribution in [0.1, 0.15) is 11.4 Å². The van der Waals surface area contributed by atoms with Crippen molar-refractivity contribution in [1.82, 2.24) is 9.97 Å². The molecule has 0 unspecified atom stereocenters. The SMILES string of the molecule is Cl.Nc1nc(C=Cc2ccccc2)ncc1O. The monoisotopic (exact) mass is 249 g/mol. The standard InChI is InChI=1S/C12H11N3O.ClH/c13-12-10(16)8-14-11(15-12)7-6-9-4-2-1-3-5-9;/h1-8,16H,(H2,13,14,15);1H. The van der Waals surface area contributed by atoms with E-state index in [9.17, 15) is 0 Å². The molecule has 1 heterocycles. The van der Waals surface area contributed by atoms with Gasteiger partial charge in [-0.05, 0) is 11.6 Å². The van der Waals surface area contributed by atoms with E-state index in [1.807, 2.05) is 36.4 Å². The smallest absolute Gasteiger partial charge is 0.176 e. The van der Waals surface area contributed by atoms with E-state index in [4.69, 9.17) is 10.8 Å². The van der Waals surface area contributed by atoms with Crippen molar-refractivity contribution in [2.24, 2.45) is 0 Å². The summed E-state index contributed by atoms with van der Waals surface area (Å²) in [6.45, 7) is 0. The lowest BCUT2D eigenvalue weighted by atomic mass is 10.2. The van der Waals surface area contributed by atoms with Crippen LogP contribution in [0.5, 0.6) is 5.75 Å². The molecule has 5 heteroatoms. The number of halogens is 1. The first kappa shape index (κ1) is 13.0. The van der Waals surface area contributed by atoms with E-state index in [0.29, 0.717) is 5.82 Å². The lowest BCUT2D eigenvalue weighted by Crippen LogP contribution is -1.94. The van der Waals surface area contributed by atoms with Crippen molar-refractivity contribution in [3.8, 4) is 5.75 Å². The molecule has 2 aromatic rings. The van der Waals surface area contributed by atoms with E-state index in [2.05, 4.69) is 9.97 Å². The van der Waals surface area contributed by atoms with Gasteiger partial charge >= 0.3 is 0 Å². The van der Waals surface area contributed by atoms with Crippen LogP contribution in [0.2, 0.25) is 0 Å². The van der Waals surface area contributed by atoms with Gasteiger partial charge in [0.05, 0.1) is 6.20 Å². The zero-order chi connectivity index (χ0) is 11.4. The van der Waals surface area contributed by atoms with Crippen molar-refractivity contribution >= 4 is 30.4 Å². The average molecular weight is 250 g/mol. The highest BCUT2D eigenvalue weighted by Crippen LogP contribution is 2.15. The van der Waals surface area contributed by atoms with Gasteiger partial charge in [-0.1, -0.05) is 36.4 Å². The largest absolute Gasteiger partial charge is 0.503 e. The second kappa shape index (κ2) is 5.86. The summed E-state index contributed by atoms with van der Waals surface area (Å²) in [5, 5.41) is 9.15. The second-order valence-corrected chi connectivity index (χ2v) is 3.24. The van der Waals surface area contributed by atoms with Gasteiger partial charge in [0.2, 0.25) is 0 Å². The molecule has 0 amide bonds. The van der Waals surface area contributed by atoms with E-state index >= 15 is 0 Å². The summed E-state index contributed by atoms with van der Waals surface area (Å²) in [5.41, 5.74) is 6.51. The predicted octanol–water partition coefficient (Wildman–Crippen LogP) is 2.36. The van der Waals surface area contributed by atoms with Crippen molar-refractivity contribution in [2.75, 3.05) is 5.73 Å². The predicted molar refractivity (Wildman–Crippen MR) is 70.7 cm³/mol. The first-order valence-electron chi connectivity index (χ1n) is 4.80. The fourth-order valence-corrected chi connectivity index (χ4v) is 1.22. The summed E-state index contributed by atoms with van der Waals surface area (Å²) in [7, 11) is 0. The van der Waals surface area contributed by atoms with Crippen molar-refractivity contribution in [2.45, 2.75) is 0 Å². The van der Waals surface area contributed by atoms with Crippen molar-refractivity contribution in [3.63, 3.8) is 0 Å². The number of benzene rings is 1. The Hall–Kier alpha value is -2.07. The molecule has 0 aliphatic rings. The molecular formula is C12H12ClN3O. The molecule has 0 atom stereocenters. The maximum atomic E-state index is 9.15. The van der Waals surface area contributed by atoms with Crippen LogP contribution in [-0.4, -0.2) is 15.1 Å². The van der Waals surface area contributed by atoms with Gasteiger partial charge in [0.25, 0.3) is 0 Å². The summed E-state index contributed by atoms with van der Waals surface area (Å²) in [6, 6.07) is 9.80. The lowest BCUT2D eigenvalue weighted by molar-refractivity contribution is 0.472. The number of hydrogen-bond donors (Lipinski definition) is 2. The highest BCUT2D eigenvalue weighted by atomic mass is 35.5. The lowest BCUT2D eigenvalue weighted by Gasteiger charge is -1.97. The van der Waals surface area contributed by atoms with Gasteiger partial charge < -0.3 is 10.8 Å². The molecule has 0 spiro atoms. The summed E-state index contributed by atoms with van der Waals surface area (Å²) in [6.07, 6.45) is 4.91. The Balaban J connectivity index is 0.00000144. The Morgan fingerprint density at radius 3 is 2.47 bits per heavy atom. The third-order valence-corrected chi connectivity index (χ3v) is 2.04. The van der Waals surface area contributed by atoms with Gasteiger partial charge in [-0.2, -0.15) is 0 Å². The van der Waals surface area contributed by atoms with Crippen LogP contribution in [0.15, 0.2) is 36.5 Å². The van der Waals surface area contributed by atoms with Crippen LogP contribution < -0.4 is 5.73 Å². The third kappa shape index (κ3) is 3.46. The molecule has 0 radical (unpaired) electrons. The first-order valence-corrected chi connectivity index (χ1v) is 4.80. The maximum absolute atomic E-state index is 9.15. The molecule has 88 valence electrons. The van der Waals surface area contributed by atoms with Gasteiger partial charge in [0, 0.05) is 0 Å². The van der Waals surface area contributed by atoms with Crippen molar-refractivity contribution in [1.29, 1.82) is 0 Å². The molecule has 0 aliphatic carbocycles. The van der Waals surface area contributed by atoms with E-state index in [-0.39, 0.29) is 24.0 Å². The van der Waals surface area contributed by atoms with Gasteiger partial charge in [-0.25, -0.2) is 9.97 Å². The number of aromatic hydroxyl groups is 1. The van der Waals surface area contributed by atoms with Crippen LogP contribution >= 0.6 is 12.4 Å². The molecule has 4 nitrogen and oxygen atoms in total. The fraction of sp³-hybridized carbons (Fsp3) is 0. The molecule has 0 aliphatic heterocycles. The number of nitrogen functional groups attached to an aromatic ring is 1. The quantitative estimate of drug-likeness (QED) is 0.857. The minimum atomic E-state index is -0.100. The molecule has 0 saturated heterocycles. The molecule has 2 rings (SSSR count). The highest BCUT2D eigenvalue weighted by molar-refractivity contribution is 5.85. The van der Waals surface area contributed by atoms with Crippen LogP contribution in [0.25, 0.3) is 12.2 Å². The minimum absolute atomic E-state index is 0. The zero-order valence-corrected chi connectivity index (χ0v) is 9.76. The van der Waals surface area contributed by atoms with Crippen LogP contribution in [0.3, 0.4) is 0 Å². The maximum Gasteiger partial charge on any atom is 0.176 e. The molecule has 1 aromatic carbocycles. The van der Waals surface area contributed by atoms with Crippen molar-refractivity contribution in [3.05, 3.63) is 47.9 Å². The molecule has 0 bridgehead atoms. The molecule has 0 saturated carbocycles. The minimum Gasteiger partial charge on any atom is -0.503 e. The third-order valence-electron chi connectivity index (χ3n) is 2.04. The van der Waals surface area contributed by atoms with E-state index in [0.717, 1.165) is 5.56 Å². The summed E-state index contributed by atoms with van der Waals surface area (Å²) in [5.74, 6) is 0.457. The first-order chi connectivity index (χ1) is 7.75. The average Bonchev–Trinajstić information content (AvgIpc) is 2.32. The van der Waals surface area contributed by atoms with Crippen LogP contribution in [0, 0.1) is 0 Å². The summed E-state index contributed by atoms with van der Waals surface area (Å²) >= 11 is 0. The Morgan fingerprint density at radius 1 is 1.12 bits per heavy atom. The Labute approximate surface area is 105 Å². The zero-order valence-electron chi connectivity index (χ0n) is 8.95. The Morgan fingerprint density at radius 2 is 1.82 bits per heavy atom. The Kier molecular flexibility index (Phi) is 4.48. The van der Waals surface area contributed by atoms with Gasteiger partial charge in [-0.15, -0.1) is 12.4 Å². The van der Waals surface area contributed by atoms with E-state index < -0.39 is 0 Å². The molecule has 3 N–H and O–H groups in total. The van der Waals surface area contributed by atoms with Crippen LogP contribution in [0.4, 0.5) is 5.82 Å². The van der Waals surface area contributed by atoms with Crippen LogP contribution in [-0.2, 0) is 0 Å². The fourth-order valence-electron chi connectivity index (χ4n) is 1.22. The van der Waals surface area contributed by atoms with E-state index in [1.165, 1.54) is 6.20 Å². The topological polar surface area (TPSA) is 72.0 Å². The second-order valence-electron chi connectivity index (χ2n) is 3.24. The molecular weight excluding hydrogens is 238 g/mol. The van der Waals surface area contributed by atoms with Gasteiger partial charge in [0.1, 0.15) is 0 Å². The number of rotatable bonds is 2. The van der Waals surface area contributed by atoms with Crippen molar-refractivity contribution < 1.29 is 5.11 Å². The summed E-state index contributed by atoms with van der Waals surface area (Å²) < 4.78 is 0. The highest BCUT2D eigenvalue weighted by Gasteiger charge is 1.98. The molecule has 17 heavy (non-hydrogen) atoms. The number of aromatic nitrogens is 2. The summed E-state index contributed by atoms with van der Waals surface area (Å²) in [4.78, 5) is 7.84. The number of nitrogens with two attached hydrogens (primary N) is 1.